The molecule has 1 N–H and O–H groups in total. The van der Waals surface area contributed by atoms with Gasteiger partial charge in [0.25, 0.3) is 0 Å². The van der Waals surface area contributed by atoms with Crippen LogP contribution < -0.4 is 5.32 Å². The van der Waals surface area contributed by atoms with Crippen LogP contribution in [-0.2, 0) is 0 Å². The lowest BCUT2D eigenvalue weighted by atomic mass is 10.1. The summed E-state index contributed by atoms with van der Waals surface area (Å²) < 4.78 is 1.05. The van der Waals surface area contributed by atoms with E-state index >= 15 is 0 Å². The number of hydrogen-bond donors (Lipinski definition) is 1. The number of nitrogens with one attached hydrogen (secondary N) is 1. The average Bonchev–Trinajstić information content (AvgIpc) is 2.98. The number of rotatable bonds is 4. The summed E-state index contributed by atoms with van der Waals surface area (Å²) in [6.45, 7) is 0.920. The second kappa shape index (κ2) is 4.18. The van der Waals surface area contributed by atoms with Crippen LogP contribution in [0.5, 0.6) is 0 Å². The minimum atomic E-state index is 0.329. The summed E-state index contributed by atoms with van der Waals surface area (Å²) in [7, 11) is 0. The Kier molecular flexibility index (Phi) is 3.11. The van der Waals surface area contributed by atoms with Gasteiger partial charge in [-0.05, 0) is 35.4 Å². The van der Waals surface area contributed by atoms with Gasteiger partial charge < -0.3 is 5.32 Å². The molecule has 0 unspecified atom stereocenters. The van der Waals surface area contributed by atoms with Gasteiger partial charge in [0.15, 0.2) is 0 Å². The van der Waals surface area contributed by atoms with Crippen molar-refractivity contribution in [2.45, 2.75) is 12.8 Å². The van der Waals surface area contributed by atoms with Crippen molar-refractivity contribution in [2.75, 3.05) is 17.7 Å². The second-order valence-electron chi connectivity index (χ2n) is 3.71. The molecule has 0 spiro atoms. The number of alkyl halides is 1. The van der Waals surface area contributed by atoms with Gasteiger partial charge in [0, 0.05) is 24.0 Å². The topological polar surface area (TPSA) is 37.8 Å². The third-order valence-electron chi connectivity index (χ3n) is 2.54. The number of aromatic nitrogens is 2. The van der Waals surface area contributed by atoms with E-state index in [2.05, 4.69) is 37.9 Å². The SMILES string of the molecule is ClCC1(CNc2ncncc2I)CC1. The molecule has 0 aliphatic heterocycles. The van der Waals surface area contributed by atoms with Crippen molar-refractivity contribution in [2.24, 2.45) is 5.41 Å². The van der Waals surface area contributed by atoms with Crippen molar-refractivity contribution in [3.63, 3.8) is 0 Å². The fraction of sp³-hybridized carbons (Fsp3) is 0.556. The predicted molar refractivity (Wildman–Crippen MR) is 65.6 cm³/mol. The Morgan fingerprint density at radius 3 is 2.93 bits per heavy atom. The molecule has 14 heavy (non-hydrogen) atoms. The summed E-state index contributed by atoms with van der Waals surface area (Å²) in [5.41, 5.74) is 0.329. The Morgan fingerprint density at radius 1 is 1.57 bits per heavy atom. The van der Waals surface area contributed by atoms with E-state index in [1.54, 1.807) is 12.5 Å². The van der Waals surface area contributed by atoms with Gasteiger partial charge in [-0.25, -0.2) is 9.97 Å². The number of hydrogen-bond acceptors (Lipinski definition) is 3. The molecule has 0 saturated heterocycles. The van der Waals surface area contributed by atoms with Crippen molar-refractivity contribution in [1.82, 2.24) is 9.97 Å². The maximum atomic E-state index is 5.89. The third kappa shape index (κ3) is 2.28. The Hall–Kier alpha value is -0.100. The summed E-state index contributed by atoms with van der Waals surface area (Å²) in [5.74, 6) is 1.65. The van der Waals surface area contributed by atoms with Crippen LogP contribution in [0.4, 0.5) is 5.82 Å². The first-order valence-electron chi connectivity index (χ1n) is 4.51. The lowest BCUT2D eigenvalue weighted by molar-refractivity contribution is 0.617. The number of nitrogens with zero attached hydrogens (tertiary/aromatic N) is 2. The fourth-order valence-electron chi connectivity index (χ4n) is 1.25. The summed E-state index contributed by atoms with van der Waals surface area (Å²) in [4.78, 5) is 8.11. The van der Waals surface area contributed by atoms with Crippen LogP contribution >= 0.6 is 34.2 Å². The zero-order chi connectivity index (χ0) is 10.0. The van der Waals surface area contributed by atoms with Gasteiger partial charge in [0.05, 0.1) is 3.57 Å². The summed E-state index contributed by atoms with van der Waals surface area (Å²) in [6.07, 6.45) is 5.82. The van der Waals surface area contributed by atoms with Gasteiger partial charge in [-0.1, -0.05) is 0 Å². The van der Waals surface area contributed by atoms with Crippen LogP contribution in [0.1, 0.15) is 12.8 Å². The first kappa shape index (κ1) is 10.4. The highest BCUT2D eigenvalue weighted by Gasteiger charge is 2.41. The summed E-state index contributed by atoms with van der Waals surface area (Å²) >= 11 is 8.11. The summed E-state index contributed by atoms with van der Waals surface area (Å²) in [6, 6.07) is 0. The number of halogens is 2. The first-order valence-corrected chi connectivity index (χ1v) is 6.12. The fourth-order valence-corrected chi connectivity index (χ4v) is 2.10. The molecule has 0 bridgehead atoms. The van der Waals surface area contributed by atoms with E-state index in [9.17, 15) is 0 Å². The zero-order valence-electron chi connectivity index (χ0n) is 7.63. The van der Waals surface area contributed by atoms with E-state index in [0.29, 0.717) is 5.41 Å². The standard InChI is InChI=1S/C9H11ClIN3/c10-4-9(1-2-9)5-13-8-7(11)3-12-6-14-8/h3,6H,1-2,4-5H2,(H,12,13,14). The normalized spacial score (nSPS) is 17.9. The Balaban J connectivity index is 1.95. The maximum absolute atomic E-state index is 5.89. The van der Waals surface area contributed by atoms with Gasteiger partial charge >= 0.3 is 0 Å². The minimum absolute atomic E-state index is 0.329. The molecular formula is C9H11ClIN3. The Bertz CT molecular complexity index is 328. The molecule has 1 fully saturated rings. The predicted octanol–water partition coefficient (Wildman–Crippen LogP) is 2.51. The lowest BCUT2D eigenvalue weighted by Crippen LogP contribution is -2.18. The smallest absolute Gasteiger partial charge is 0.142 e. The van der Waals surface area contributed by atoms with Gasteiger partial charge in [-0.3, -0.25) is 0 Å². The van der Waals surface area contributed by atoms with E-state index in [0.717, 1.165) is 21.8 Å². The molecule has 0 amide bonds. The van der Waals surface area contributed by atoms with Gasteiger partial charge in [0.1, 0.15) is 12.1 Å². The molecule has 1 aliphatic rings. The van der Waals surface area contributed by atoms with Crippen LogP contribution in [0.25, 0.3) is 0 Å². The molecule has 1 aromatic rings. The second-order valence-corrected chi connectivity index (χ2v) is 5.14. The van der Waals surface area contributed by atoms with Crippen molar-refractivity contribution >= 4 is 40.0 Å². The van der Waals surface area contributed by atoms with Crippen molar-refractivity contribution < 1.29 is 0 Å². The first-order chi connectivity index (χ1) is 6.76. The molecule has 0 radical (unpaired) electrons. The monoisotopic (exact) mass is 323 g/mol. The van der Waals surface area contributed by atoms with Gasteiger partial charge in [-0.2, -0.15) is 0 Å². The molecule has 5 heteroatoms. The largest absolute Gasteiger partial charge is 0.368 e. The van der Waals surface area contributed by atoms with Crippen molar-refractivity contribution in [1.29, 1.82) is 0 Å². The van der Waals surface area contributed by atoms with E-state index in [1.165, 1.54) is 12.8 Å². The molecular weight excluding hydrogens is 312 g/mol. The molecule has 2 rings (SSSR count). The molecule has 1 aromatic heterocycles. The average molecular weight is 324 g/mol. The molecule has 1 saturated carbocycles. The molecule has 1 heterocycles. The van der Waals surface area contributed by atoms with Crippen LogP contribution in [0.3, 0.4) is 0 Å². The highest BCUT2D eigenvalue weighted by atomic mass is 127. The molecule has 1 aliphatic carbocycles. The van der Waals surface area contributed by atoms with E-state index in [1.807, 2.05) is 0 Å². The quantitative estimate of drug-likeness (QED) is 0.683. The third-order valence-corrected chi connectivity index (χ3v) is 3.90. The Labute approximate surface area is 102 Å². The van der Waals surface area contributed by atoms with E-state index in [-0.39, 0.29) is 0 Å². The molecule has 0 aromatic carbocycles. The number of anilines is 1. The zero-order valence-corrected chi connectivity index (χ0v) is 10.5. The maximum Gasteiger partial charge on any atom is 0.142 e. The van der Waals surface area contributed by atoms with E-state index in [4.69, 9.17) is 11.6 Å². The van der Waals surface area contributed by atoms with Crippen LogP contribution in [0.2, 0.25) is 0 Å². The van der Waals surface area contributed by atoms with Crippen LogP contribution in [0, 0.1) is 8.99 Å². The van der Waals surface area contributed by atoms with Gasteiger partial charge in [-0.15, -0.1) is 11.6 Å². The van der Waals surface area contributed by atoms with Crippen LogP contribution in [0.15, 0.2) is 12.5 Å². The van der Waals surface area contributed by atoms with Crippen LogP contribution in [-0.4, -0.2) is 22.4 Å². The summed E-state index contributed by atoms with van der Waals surface area (Å²) in [5, 5.41) is 3.32. The van der Waals surface area contributed by atoms with Gasteiger partial charge in [0.2, 0.25) is 0 Å². The van der Waals surface area contributed by atoms with E-state index < -0.39 is 0 Å². The lowest BCUT2D eigenvalue weighted by Gasteiger charge is -2.13. The highest BCUT2D eigenvalue weighted by molar-refractivity contribution is 14.1. The van der Waals surface area contributed by atoms with Crippen molar-refractivity contribution in [3.8, 4) is 0 Å². The molecule has 3 nitrogen and oxygen atoms in total. The highest BCUT2D eigenvalue weighted by Crippen LogP contribution is 2.46. The Morgan fingerprint density at radius 2 is 2.36 bits per heavy atom. The molecule has 0 atom stereocenters. The van der Waals surface area contributed by atoms with Crippen molar-refractivity contribution in [3.05, 3.63) is 16.1 Å². The molecule has 76 valence electrons. The minimum Gasteiger partial charge on any atom is -0.368 e.